The van der Waals surface area contributed by atoms with Crippen LogP contribution in [0.25, 0.3) is 21.9 Å². The lowest BCUT2D eigenvalue weighted by Crippen LogP contribution is -2.51. The van der Waals surface area contributed by atoms with Crippen LogP contribution in [0.15, 0.2) is 18.3 Å². The van der Waals surface area contributed by atoms with Gasteiger partial charge in [-0.15, -0.1) is 0 Å². The van der Waals surface area contributed by atoms with Crippen LogP contribution < -0.4 is 5.73 Å². The van der Waals surface area contributed by atoms with Gasteiger partial charge in [0.15, 0.2) is 0 Å². The molecule has 1 unspecified atom stereocenters. The number of amides is 1. The van der Waals surface area contributed by atoms with E-state index in [1.165, 1.54) is 0 Å². The van der Waals surface area contributed by atoms with Crippen molar-refractivity contribution in [3.8, 4) is 0 Å². The Kier molecular flexibility index (Phi) is 5.33. The Hall–Kier alpha value is -2.81. The van der Waals surface area contributed by atoms with Gasteiger partial charge in [0.1, 0.15) is 0 Å². The van der Waals surface area contributed by atoms with E-state index in [0.29, 0.717) is 19.0 Å². The molecule has 31 heavy (non-hydrogen) atoms. The first-order chi connectivity index (χ1) is 14.6. The molecule has 4 N–H and O–H groups in total. The average molecular weight is 429 g/mol. The molecule has 9 heteroatoms. The van der Waals surface area contributed by atoms with Crippen molar-refractivity contribution in [2.24, 2.45) is 5.41 Å². The molecule has 1 amide bonds. The summed E-state index contributed by atoms with van der Waals surface area (Å²) >= 11 is 0. The standard InChI is InChI=1S/C22H32N6O3/c1-13(29)12-27-17-10-18-15(9-14(17)11-24-27)25-20(23)28(18)16-7-5-6-8-26(21(30)31)19(16)22(2,3)4/h9-11,13,16,19,29H,5-8,12H2,1-4H3,(H2,23,25)(H,30,31)/t13-,16?,19-/m0/s1. The van der Waals surface area contributed by atoms with Gasteiger partial charge in [0.25, 0.3) is 0 Å². The third kappa shape index (κ3) is 3.82. The number of aromatic nitrogens is 4. The zero-order valence-corrected chi connectivity index (χ0v) is 18.6. The average Bonchev–Trinajstić information content (AvgIpc) is 3.08. The van der Waals surface area contributed by atoms with Crippen molar-refractivity contribution in [2.45, 2.75) is 71.7 Å². The molecular weight excluding hydrogens is 396 g/mol. The van der Waals surface area contributed by atoms with E-state index < -0.39 is 12.2 Å². The molecule has 0 radical (unpaired) electrons. The summed E-state index contributed by atoms with van der Waals surface area (Å²) in [5.41, 5.74) is 8.68. The lowest BCUT2D eigenvalue weighted by Gasteiger charge is -2.42. The molecule has 1 aliphatic heterocycles. The molecular formula is C22H32N6O3. The number of likely N-dealkylation sites (tertiary alicyclic amines) is 1. The molecule has 2 aromatic heterocycles. The van der Waals surface area contributed by atoms with Crippen LogP contribution in [0.3, 0.4) is 0 Å². The monoisotopic (exact) mass is 428 g/mol. The summed E-state index contributed by atoms with van der Waals surface area (Å²) in [7, 11) is 0. The molecule has 3 aromatic rings. The molecule has 1 saturated heterocycles. The van der Waals surface area contributed by atoms with Gasteiger partial charge in [-0.05, 0) is 43.7 Å². The first-order valence-corrected chi connectivity index (χ1v) is 10.9. The number of carboxylic acid groups (broad SMARTS) is 1. The Morgan fingerprint density at radius 2 is 2.03 bits per heavy atom. The largest absolute Gasteiger partial charge is 0.465 e. The van der Waals surface area contributed by atoms with Crippen LogP contribution in [-0.2, 0) is 6.54 Å². The van der Waals surface area contributed by atoms with E-state index in [4.69, 9.17) is 5.73 Å². The lowest BCUT2D eigenvalue weighted by atomic mass is 9.80. The first kappa shape index (κ1) is 21.4. The van der Waals surface area contributed by atoms with Gasteiger partial charge in [0.05, 0.1) is 47.5 Å². The molecule has 1 fully saturated rings. The number of imidazole rings is 1. The van der Waals surface area contributed by atoms with Crippen LogP contribution in [-0.4, -0.2) is 59.2 Å². The Morgan fingerprint density at radius 3 is 2.68 bits per heavy atom. The number of aliphatic hydroxyl groups excluding tert-OH is 1. The topological polar surface area (TPSA) is 122 Å². The van der Waals surface area contributed by atoms with Crippen LogP contribution in [0.4, 0.5) is 10.7 Å². The highest BCUT2D eigenvalue weighted by atomic mass is 16.4. The fourth-order valence-electron chi connectivity index (χ4n) is 5.10. The van der Waals surface area contributed by atoms with E-state index >= 15 is 0 Å². The third-order valence-corrected chi connectivity index (χ3v) is 6.23. The van der Waals surface area contributed by atoms with Gasteiger partial charge in [-0.2, -0.15) is 5.10 Å². The summed E-state index contributed by atoms with van der Waals surface area (Å²) < 4.78 is 3.80. The Bertz CT molecular complexity index is 1110. The second-order valence-electron chi connectivity index (χ2n) is 9.77. The van der Waals surface area contributed by atoms with Gasteiger partial charge in [-0.1, -0.05) is 20.8 Å². The lowest BCUT2D eigenvalue weighted by molar-refractivity contribution is 0.0610. The number of hydrogen-bond donors (Lipinski definition) is 3. The summed E-state index contributed by atoms with van der Waals surface area (Å²) in [6.45, 7) is 8.88. The van der Waals surface area contributed by atoms with Gasteiger partial charge < -0.3 is 25.4 Å². The number of nitrogens with two attached hydrogens (primary N) is 1. The highest BCUT2D eigenvalue weighted by Gasteiger charge is 2.42. The van der Waals surface area contributed by atoms with Crippen molar-refractivity contribution in [1.82, 2.24) is 24.2 Å². The quantitative estimate of drug-likeness (QED) is 0.587. The minimum atomic E-state index is -0.896. The predicted octanol–water partition coefficient (Wildman–Crippen LogP) is 3.47. The van der Waals surface area contributed by atoms with E-state index in [0.717, 1.165) is 41.2 Å². The number of anilines is 1. The maximum atomic E-state index is 12.1. The molecule has 0 bridgehead atoms. The highest BCUT2D eigenvalue weighted by Crippen LogP contribution is 2.41. The summed E-state index contributed by atoms with van der Waals surface area (Å²) in [6, 6.07) is 3.60. The third-order valence-electron chi connectivity index (χ3n) is 6.23. The van der Waals surface area contributed by atoms with Crippen LogP contribution in [0.2, 0.25) is 0 Å². The minimum absolute atomic E-state index is 0.130. The molecule has 168 valence electrons. The van der Waals surface area contributed by atoms with Crippen LogP contribution in [0.1, 0.15) is 53.0 Å². The first-order valence-electron chi connectivity index (χ1n) is 10.9. The van der Waals surface area contributed by atoms with Crippen molar-refractivity contribution in [2.75, 3.05) is 12.3 Å². The van der Waals surface area contributed by atoms with Gasteiger partial charge in [-0.3, -0.25) is 4.68 Å². The van der Waals surface area contributed by atoms with E-state index in [1.807, 2.05) is 16.7 Å². The molecule has 0 saturated carbocycles. The SMILES string of the molecule is C[C@H](O)Cn1ncc2cc3nc(N)n(C4CCCCN(C(=O)O)[C@@H]4C(C)(C)C)c3cc21. The molecule has 0 spiro atoms. The van der Waals surface area contributed by atoms with Crippen LogP contribution in [0.5, 0.6) is 0 Å². The fraction of sp³-hybridized carbons (Fsp3) is 0.591. The molecule has 0 aliphatic carbocycles. The van der Waals surface area contributed by atoms with Crippen molar-refractivity contribution in [1.29, 1.82) is 0 Å². The van der Waals surface area contributed by atoms with Crippen molar-refractivity contribution in [3.63, 3.8) is 0 Å². The molecule has 3 heterocycles. The number of nitrogen functional groups attached to an aromatic ring is 1. The molecule has 4 rings (SSSR count). The zero-order valence-electron chi connectivity index (χ0n) is 18.6. The smallest absolute Gasteiger partial charge is 0.407 e. The summed E-state index contributed by atoms with van der Waals surface area (Å²) in [5.74, 6) is 0.393. The van der Waals surface area contributed by atoms with E-state index in [-0.39, 0.29) is 17.5 Å². The highest BCUT2D eigenvalue weighted by molar-refractivity contribution is 5.94. The summed E-state index contributed by atoms with van der Waals surface area (Å²) in [5, 5.41) is 25.1. The molecule has 9 nitrogen and oxygen atoms in total. The number of aliphatic hydroxyl groups is 1. The molecule has 1 aliphatic rings. The maximum Gasteiger partial charge on any atom is 0.407 e. The number of carbonyl (C=O) groups is 1. The van der Waals surface area contributed by atoms with E-state index in [9.17, 15) is 15.0 Å². The minimum Gasteiger partial charge on any atom is -0.465 e. The van der Waals surface area contributed by atoms with E-state index in [2.05, 4.69) is 30.9 Å². The molecule has 3 atom stereocenters. The van der Waals surface area contributed by atoms with Crippen molar-refractivity contribution >= 4 is 34.0 Å². The Labute approximate surface area is 181 Å². The van der Waals surface area contributed by atoms with Gasteiger partial charge >= 0.3 is 6.09 Å². The normalized spacial score (nSPS) is 21.5. The summed E-state index contributed by atoms with van der Waals surface area (Å²) in [4.78, 5) is 18.3. The maximum absolute atomic E-state index is 12.1. The van der Waals surface area contributed by atoms with Gasteiger partial charge in [0.2, 0.25) is 5.95 Å². The predicted molar refractivity (Wildman–Crippen MR) is 120 cm³/mol. The van der Waals surface area contributed by atoms with Crippen molar-refractivity contribution < 1.29 is 15.0 Å². The van der Waals surface area contributed by atoms with Gasteiger partial charge in [-0.25, -0.2) is 9.78 Å². The van der Waals surface area contributed by atoms with Crippen LogP contribution >= 0.6 is 0 Å². The molecule has 1 aromatic carbocycles. The van der Waals surface area contributed by atoms with Crippen LogP contribution in [0, 0.1) is 5.41 Å². The Balaban J connectivity index is 1.91. The second-order valence-corrected chi connectivity index (χ2v) is 9.77. The zero-order chi connectivity index (χ0) is 22.5. The second kappa shape index (κ2) is 7.71. The fourth-order valence-corrected chi connectivity index (χ4v) is 5.10. The number of fused-ring (bicyclic) bond motifs is 2. The van der Waals surface area contributed by atoms with E-state index in [1.54, 1.807) is 22.7 Å². The number of benzene rings is 1. The summed E-state index contributed by atoms with van der Waals surface area (Å²) in [6.07, 6.45) is 2.92. The Morgan fingerprint density at radius 1 is 1.29 bits per heavy atom. The number of rotatable bonds is 3. The number of hydrogen-bond acceptors (Lipinski definition) is 5. The van der Waals surface area contributed by atoms with Crippen molar-refractivity contribution in [3.05, 3.63) is 18.3 Å². The van der Waals surface area contributed by atoms with Gasteiger partial charge in [0, 0.05) is 11.9 Å². The number of nitrogens with zero attached hydrogens (tertiary/aromatic N) is 5.